The minimum atomic E-state index is -0.819. The maximum Gasteiger partial charge on any atom is 0.497 e. The van der Waals surface area contributed by atoms with Crippen LogP contribution in [0.5, 0.6) is 0 Å². The van der Waals surface area contributed by atoms with Gasteiger partial charge in [-0.05, 0) is 79.2 Å². The van der Waals surface area contributed by atoms with Gasteiger partial charge in [0.25, 0.3) is 0 Å². The second-order valence-electron chi connectivity index (χ2n) is 12.2. The van der Waals surface area contributed by atoms with Gasteiger partial charge in [-0.3, -0.25) is 0 Å². The van der Waals surface area contributed by atoms with Crippen LogP contribution in [-0.2, 0) is 14.0 Å². The molecule has 1 atom stereocenters. The molecule has 1 saturated heterocycles. The van der Waals surface area contributed by atoms with E-state index in [9.17, 15) is 4.79 Å². The summed E-state index contributed by atoms with van der Waals surface area (Å²) < 4.78 is 33.4. The van der Waals surface area contributed by atoms with Crippen molar-refractivity contribution in [3.8, 4) is 0 Å². The summed E-state index contributed by atoms with van der Waals surface area (Å²) in [6.07, 6.45) is 3.58. The largest absolute Gasteiger partial charge is 0.497 e. The van der Waals surface area contributed by atoms with Crippen molar-refractivity contribution in [2.75, 3.05) is 0 Å². The molecule has 1 aromatic carbocycles. The highest BCUT2D eigenvalue weighted by Crippen LogP contribution is 2.38. The van der Waals surface area contributed by atoms with Crippen LogP contribution in [-0.4, -0.2) is 40.0 Å². The number of halogens is 1. The van der Waals surface area contributed by atoms with E-state index in [0.717, 1.165) is 25.7 Å². The Labute approximate surface area is 208 Å². The van der Waals surface area contributed by atoms with E-state index in [1.165, 1.54) is 0 Å². The third kappa shape index (κ3) is 5.36. The van der Waals surface area contributed by atoms with E-state index in [-0.39, 0.29) is 11.4 Å². The summed E-state index contributed by atoms with van der Waals surface area (Å²) in [5, 5.41) is 3.02. The Hall–Kier alpha value is -2.13. The number of carbonyl (C=O) groups is 1. The van der Waals surface area contributed by atoms with Gasteiger partial charge in [0.05, 0.1) is 22.8 Å². The van der Waals surface area contributed by atoms with Crippen LogP contribution >= 0.6 is 0 Å². The summed E-state index contributed by atoms with van der Waals surface area (Å²) in [5.74, 6) is 0.904. The molecule has 7 nitrogen and oxygen atoms in total. The monoisotopic (exact) mass is 487 g/mol. The summed E-state index contributed by atoms with van der Waals surface area (Å²) >= 11 is 0. The molecule has 1 amide bonds. The van der Waals surface area contributed by atoms with Crippen LogP contribution in [0.4, 0.5) is 9.18 Å². The second kappa shape index (κ2) is 9.07. The predicted molar refractivity (Wildman–Crippen MR) is 135 cm³/mol. The number of alkyl carbamates (subject to hydrolysis) is 1. The number of imidazole rings is 1. The summed E-state index contributed by atoms with van der Waals surface area (Å²) in [4.78, 5) is 20.6. The molecular weight excluding hydrogens is 448 g/mol. The molecule has 192 valence electrons. The van der Waals surface area contributed by atoms with Crippen molar-refractivity contribution in [3.05, 3.63) is 23.8 Å². The maximum atomic E-state index is 15.7. The lowest BCUT2D eigenvalue weighted by molar-refractivity contribution is 0.00578. The quantitative estimate of drug-likeness (QED) is 0.565. The number of fused-ring (bicyclic) bond motifs is 1. The molecule has 1 saturated carbocycles. The number of carbonyl (C=O) groups excluding carboxylic acids is 1. The molecule has 0 spiro atoms. The molecule has 4 rings (SSSR count). The van der Waals surface area contributed by atoms with Crippen LogP contribution in [0.1, 0.15) is 92.9 Å². The molecule has 2 heterocycles. The fourth-order valence-corrected chi connectivity index (χ4v) is 4.84. The van der Waals surface area contributed by atoms with E-state index >= 15 is 4.39 Å². The summed E-state index contributed by atoms with van der Waals surface area (Å²) in [6, 6.07) is 3.08. The zero-order valence-electron chi connectivity index (χ0n) is 22.3. The fraction of sp³-hybridized carbons (Fsp3) is 0.692. The standard InChI is InChI=1S/C26H39BFN3O4/c1-15-9-11-16(12-10-15)20(31-23(32)33-24(2,3)4)22-29-18-14-13-17(19(28)21(18)30-22)27-34-25(5,6)26(7,8)35-27/h13-16,20H,9-12H2,1-8H3,(H,29,30)(H,31,32). The number of H-pyrrole nitrogens is 1. The van der Waals surface area contributed by atoms with Crippen molar-refractivity contribution < 1.29 is 23.2 Å². The average molecular weight is 487 g/mol. The molecule has 1 aromatic heterocycles. The Morgan fingerprint density at radius 1 is 1.17 bits per heavy atom. The second-order valence-corrected chi connectivity index (χ2v) is 12.2. The van der Waals surface area contributed by atoms with Gasteiger partial charge in [-0.25, -0.2) is 14.2 Å². The summed E-state index contributed by atoms with van der Waals surface area (Å²) in [5.41, 5.74) is -0.664. The first-order valence-electron chi connectivity index (χ1n) is 12.7. The summed E-state index contributed by atoms with van der Waals surface area (Å²) in [7, 11) is -0.819. The van der Waals surface area contributed by atoms with E-state index in [0.29, 0.717) is 22.7 Å². The Morgan fingerprint density at radius 3 is 2.34 bits per heavy atom. The molecule has 2 aromatic rings. The van der Waals surface area contributed by atoms with Crippen molar-refractivity contribution in [3.63, 3.8) is 0 Å². The molecule has 1 aliphatic heterocycles. The number of benzene rings is 1. The zero-order valence-corrected chi connectivity index (χ0v) is 22.3. The highest BCUT2D eigenvalue weighted by molar-refractivity contribution is 6.62. The number of aromatic nitrogens is 2. The molecule has 2 N–H and O–H groups in total. The minimum Gasteiger partial charge on any atom is -0.444 e. The normalized spacial score (nSPS) is 25.0. The van der Waals surface area contributed by atoms with Crippen molar-refractivity contribution in [1.29, 1.82) is 0 Å². The number of nitrogens with one attached hydrogen (secondary N) is 2. The smallest absolute Gasteiger partial charge is 0.444 e. The van der Waals surface area contributed by atoms with Gasteiger partial charge in [0.2, 0.25) is 0 Å². The third-order valence-corrected chi connectivity index (χ3v) is 7.65. The number of amides is 1. The van der Waals surface area contributed by atoms with Gasteiger partial charge in [-0.15, -0.1) is 0 Å². The Bertz CT molecular complexity index is 1070. The van der Waals surface area contributed by atoms with E-state index < -0.39 is 41.9 Å². The van der Waals surface area contributed by atoms with Gasteiger partial charge < -0.3 is 24.3 Å². The molecule has 9 heteroatoms. The number of ether oxygens (including phenoxy) is 1. The Balaban J connectivity index is 1.66. The topological polar surface area (TPSA) is 85.5 Å². The van der Waals surface area contributed by atoms with Crippen molar-refractivity contribution in [1.82, 2.24) is 15.3 Å². The molecular formula is C26H39BFN3O4. The number of rotatable bonds is 4. The molecule has 35 heavy (non-hydrogen) atoms. The van der Waals surface area contributed by atoms with Gasteiger partial charge in [-0.2, -0.15) is 0 Å². The van der Waals surface area contributed by atoms with Gasteiger partial charge in [-0.1, -0.05) is 25.8 Å². The van der Waals surface area contributed by atoms with Crippen LogP contribution in [0.3, 0.4) is 0 Å². The first kappa shape index (κ1) is 26.0. The van der Waals surface area contributed by atoms with Crippen LogP contribution in [0.25, 0.3) is 11.0 Å². The molecule has 0 bridgehead atoms. The molecule has 1 aliphatic carbocycles. The van der Waals surface area contributed by atoms with Crippen molar-refractivity contribution >= 4 is 29.7 Å². The van der Waals surface area contributed by atoms with Crippen LogP contribution < -0.4 is 10.8 Å². The first-order chi connectivity index (χ1) is 16.2. The van der Waals surface area contributed by atoms with E-state index in [4.69, 9.17) is 14.0 Å². The Morgan fingerprint density at radius 2 is 1.77 bits per heavy atom. The lowest BCUT2D eigenvalue weighted by Crippen LogP contribution is -2.41. The van der Waals surface area contributed by atoms with E-state index in [2.05, 4.69) is 22.2 Å². The summed E-state index contributed by atoms with van der Waals surface area (Å²) in [6.45, 7) is 15.5. The van der Waals surface area contributed by atoms with Crippen molar-refractivity contribution in [2.45, 2.75) is 104 Å². The lowest BCUT2D eigenvalue weighted by Gasteiger charge is -2.32. The molecule has 2 fully saturated rings. The SMILES string of the molecule is CC1CCC(C(NC(=O)OC(C)(C)C)c2nc3c(F)c(B4OC(C)(C)C(C)(C)O4)ccc3[nH]2)CC1. The highest BCUT2D eigenvalue weighted by atomic mass is 19.1. The van der Waals surface area contributed by atoms with Crippen LogP contribution in [0.2, 0.25) is 0 Å². The lowest BCUT2D eigenvalue weighted by atomic mass is 9.78. The van der Waals surface area contributed by atoms with Crippen molar-refractivity contribution in [2.24, 2.45) is 11.8 Å². The zero-order chi connectivity index (χ0) is 25.8. The minimum absolute atomic E-state index is 0.185. The average Bonchev–Trinajstić information content (AvgIpc) is 3.24. The predicted octanol–water partition coefficient (Wildman–Crippen LogP) is 5.39. The van der Waals surface area contributed by atoms with Crippen LogP contribution in [0, 0.1) is 17.7 Å². The fourth-order valence-electron chi connectivity index (χ4n) is 4.84. The maximum absolute atomic E-state index is 15.7. The van der Waals surface area contributed by atoms with Crippen LogP contribution in [0.15, 0.2) is 12.1 Å². The van der Waals surface area contributed by atoms with E-state index in [1.54, 1.807) is 12.1 Å². The van der Waals surface area contributed by atoms with Gasteiger partial charge in [0.15, 0.2) is 5.82 Å². The Kier molecular flexibility index (Phi) is 6.73. The molecule has 1 unspecified atom stereocenters. The third-order valence-electron chi connectivity index (χ3n) is 7.65. The highest BCUT2D eigenvalue weighted by Gasteiger charge is 2.52. The molecule has 2 aliphatic rings. The molecule has 0 radical (unpaired) electrons. The van der Waals surface area contributed by atoms with Gasteiger partial charge >= 0.3 is 13.2 Å². The first-order valence-corrected chi connectivity index (χ1v) is 12.7. The number of hydrogen-bond donors (Lipinski definition) is 2. The number of aromatic amines is 1. The number of nitrogens with zero attached hydrogens (tertiary/aromatic N) is 1. The van der Waals surface area contributed by atoms with Gasteiger partial charge in [0.1, 0.15) is 16.9 Å². The van der Waals surface area contributed by atoms with Gasteiger partial charge in [0, 0.05) is 5.46 Å². The number of hydrogen-bond acceptors (Lipinski definition) is 5. The van der Waals surface area contributed by atoms with E-state index in [1.807, 2.05) is 48.5 Å².